The fraction of sp³-hybridized carbons (Fsp3) is 0.133. The highest BCUT2D eigenvalue weighted by Crippen LogP contribution is 2.18. The molecular weight excluding hydrogens is 322 g/mol. The molecule has 0 N–H and O–H groups in total. The van der Waals surface area contributed by atoms with Gasteiger partial charge in [0.05, 0.1) is 12.0 Å². The second-order valence-electron chi connectivity index (χ2n) is 4.67. The highest BCUT2D eigenvalue weighted by atomic mass is 35.5. The minimum absolute atomic E-state index is 0. The van der Waals surface area contributed by atoms with Gasteiger partial charge >= 0.3 is 6.03 Å². The minimum Gasteiger partial charge on any atom is -1.00 e. The number of non-ortho nitro benzene ring substituents is 1. The van der Waals surface area contributed by atoms with Gasteiger partial charge in [-0.05, 0) is 31.2 Å². The van der Waals surface area contributed by atoms with Gasteiger partial charge in [-0.2, -0.15) is 14.3 Å². The molecule has 0 fully saturated rings. The summed E-state index contributed by atoms with van der Waals surface area (Å²) in [6.07, 6.45) is 3.00. The van der Waals surface area contributed by atoms with Gasteiger partial charge in [-0.25, -0.2) is 0 Å². The average molecular weight is 336 g/mol. The fourth-order valence-corrected chi connectivity index (χ4v) is 1.87. The van der Waals surface area contributed by atoms with E-state index in [-0.39, 0.29) is 29.9 Å². The summed E-state index contributed by atoms with van der Waals surface area (Å²) >= 11 is 0. The molecule has 23 heavy (non-hydrogen) atoms. The first-order chi connectivity index (χ1) is 10.4. The largest absolute Gasteiger partial charge is 1.00 e. The zero-order chi connectivity index (χ0) is 16.3. The first-order valence-electron chi connectivity index (χ1n) is 6.45. The Labute approximate surface area is 138 Å². The van der Waals surface area contributed by atoms with Crippen molar-refractivity contribution >= 4 is 23.2 Å². The molecule has 120 valence electrons. The van der Waals surface area contributed by atoms with Crippen molar-refractivity contribution in [2.75, 3.05) is 11.9 Å². The Hall–Kier alpha value is -2.80. The Kier molecular flexibility index (Phi) is 5.92. The molecule has 8 heteroatoms. The standard InChI is InChI=1S/C15H14N3O4.ClH/c1-11(19)12-7-9-17(10-8-12)15(20)16(2)13-3-5-14(6-4-13)18(21)22;/h3-10H,1-2H3;1H/q+1;/p-1. The Morgan fingerprint density at radius 1 is 1.09 bits per heavy atom. The van der Waals surface area contributed by atoms with Crippen molar-refractivity contribution in [3.8, 4) is 0 Å². The van der Waals surface area contributed by atoms with Crippen LogP contribution in [0.1, 0.15) is 17.3 Å². The van der Waals surface area contributed by atoms with Crippen LogP contribution in [-0.4, -0.2) is 23.8 Å². The lowest BCUT2D eigenvalue weighted by Gasteiger charge is -2.09. The number of hydrogen-bond acceptors (Lipinski definition) is 4. The summed E-state index contributed by atoms with van der Waals surface area (Å²) in [6.45, 7) is 1.45. The molecule has 0 atom stereocenters. The van der Waals surface area contributed by atoms with Crippen LogP contribution in [0, 0.1) is 10.1 Å². The van der Waals surface area contributed by atoms with E-state index in [2.05, 4.69) is 0 Å². The van der Waals surface area contributed by atoms with Crippen molar-refractivity contribution in [1.29, 1.82) is 0 Å². The fourth-order valence-electron chi connectivity index (χ4n) is 1.87. The lowest BCUT2D eigenvalue weighted by Crippen LogP contribution is -3.00. The average Bonchev–Trinajstić information content (AvgIpc) is 2.53. The van der Waals surface area contributed by atoms with Gasteiger partial charge in [-0.15, -0.1) is 0 Å². The van der Waals surface area contributed by atoms with Crippen LogP contribution in [0.4, 0.5) is 16.2 Å². The number of carbonyl (C=O) groups excluding carboxylic acids is 2. The number of nitrogens with zero attached hydrogens (tertiary/aromatic N) is 3. The van der Waals surface area contributed by atoms with Crippen molar-refractivity contribution in [3.63, 3.8) is 0 Å². The molecule has 0 radical (unpaired) electrons. The van der Waals surface area contributed by atoms with Gasteiger partial charge in [0, 0.05) is 17.7 Å². The highest BCUT2D eigenvalue weighted by molar-refractivity contribution is 5.93. The molecule has 0 saturated carbocycles. The van der Waals surface area contributed by atoms with Gasteiger partial charge in [0.25, 0.3) is 5.69 Å². The Morgan fingerprint density at radius 3 is 2.04 bits per heavy atom. The molecule has 1 aromatic carbocycles. The first kappa shape index (κ1) is 18.2. The number of halogens is 1. The number of nitro benzene ring substituents is 1. The van der Waals surface area contributed by atoms with E-state index in [0.29, 0.717) is 11.3 Å². The lowest BCUT2D eigenvalue weighted by molar-refractivity contribution is -0.569. The number of benzene rings is 1. The third-order valence-electron chi connectivity index (χ3n) is 3.19. The van der Waals surface area contributed by atoms with Crippen molar-refractivity contribution in [2.24, 2.45) is 0 Å². The number of Topliss-reactive ketones (excluding diaryl/α,β-unsaturated/α-hetero) is 1. The van der Waals surface area contributed by atoms with E-state index in [9.17, 15) is 19.7 Å². The number of amides is 1. The van der Waals surface area contributed by atoms with Gasteiger partial charge in [-0.1, -0.05) is 0 Å². The zero-order valence-corrected chi connectivity index (χ0v) is 13.2. The molecule has 1 aromatic heterocycles. The minimum atomic E-state index is -0.499. The molecule has 0 spiro atoms. The normalized spacial score (nSPS) is 9.65. The molecule has 0 aliphatic carbocycles. The van der Waals surface area contributed by atoms with Crippen LogP contribution >= 0.6 is 0 Å². The molecule has 0 unspecified atom stereocenters. The van der Waals surface area contributed by atoms with Crippen molar-refractivity contribution in [3.05, 3.63) is 64.5 Å². The van der Waals surface area contributed by atoms with Gasteiger partial charge in [0.15, 0.2) is 5.78 Å². The monoisotopic (exact) mass is 335 g/mol. The smallest absolute Gasteiger partial charge is 0.502 e. The molecule has 0 aliphatic heterocycles. The second kappa shape index (κ2) is 7.46. The maximum atomic E-state index is 12.3. The predicted octanol–water partition coefficient (Wildman–Crippen LogP) is -0.807. The summed E-state index contributed by atoms with van der Waals surface area (Å²) in [5.74, 6) is -0.0803. The third kappa shape index (κ3) is 4.10. The van der Waals surface area contributed by atoms with Crippen LogP contribution in [0.15, 0.2) is 48.8 Å². The zero-order valence-electron chi connectivity index (χ0n) is 12.5. The number of carbonyl (C=O) groups is 2. The van der Waals surface area contributed by atoms with Gasteiger partial charge in [-0.3, -0.25) is 14.9 Å². The van der Waals surface area contributed by atoms with E-state index in [1.807, 2.05) is 0 Å². The molecule has 7 nitrogen and oxygen atoms in total. The van der Waals surface area contributed by atoms with Crippen LogP contribution in [0.3, 0.4) is 0 Å². The maximum Gasteiger partial charge on any atom is 0.502 e. The molecule has 1 heterocycles. The van der Waals surface area contributed by atoms with Crippen molar-refractivity contribution < 1.29 is 31.5 Å². The quantitative estimate of drug-likeness (QED) is 0.318. The summed E-state index contributed by atoms with van der Waals surface area (Å²) in [4.78, 5) is 35.0. The number of ketones is 1. The Bertz CT molecular complexity index is 729. The van der Waals surface area contributed by atoms with E-state index in [1.165, 1.54) is 53.0 Å². The van der Waals surface area contributed by atoms with Gasteiger partial charge in [0.2, 0.25) is 0 Å². The summed E-state index contributed by atoms with van der Waals surface area (Å²) in [6, 6.07) is 8.45. The molecular formula is C15H14ClN3O4. The van der Waals surface area contributed by atoms with Gasteiger partial charge < -0.3 is 12.4 Å². The van der Waals surface area contributed by atoms with Crippen LogP contribution < -0.4 is 21.9 Å². The Balaban J connectivity index is 0.00000264. The SMILES string of the molecule is CC(=O)c1cc[n+](C(=O)N(C)c2ccc([N+](=O)[O-])cc2)cc1.[Cl-]. The number of aromatic nitrogens is 1. The number of nitro groups is 1. The molecule has 0 saturated heterocycles. The van der Waals surface area contributed by atoms with Crippen molar-refractivity contribution in [2.45, 2.75) is 6.92 Å². The van der Waals surface area contributed by atoms with E-state index in [4.69, 9.17) is 0 Å². The van der Waals surface area contributed by atoms with E-state index in [1.54, 1.807) is 19.2 Å². The third-order valence-corrected chi connectivity index (χ3v) is 3.19. The van der Waals surface area contributed by atoms with E-state index >= 15 is 0 Å². The maximum absolute atomic E-state index is 12.3. The molecule has 2 aromatic rings. The summed E-state index contributed by atoms with van der Waals surface area (Å²) in [5, 5.41) is 10.6. The number of hydrogen-bond donors (Lipinski definition) is 0. The highest BCUT2D eigenvalue weighted by Gasteiger charge is 2.23. The number of rotatable bonds is 3. The van der Waals surface area contributed by atoms with Crippen LogP contribution in [0.25, 0.3) is 0 Å². The summed E-state index contributed by atoms with van der Waals surface area (Å²) < 4.78 is 1.33. The van der Waals surface area contributed by atoms with Crippen LogP contribution in [0.5, 0.6) is 0 Å². The summed E-state index contributed by atoms with van der Waals surface area (Å²) in [7, 11) is 1.56. The molecule has 0 bridgehead atoms. The van der Waals surface area contributed by atoms with Crippen LogP contribution in [-0.2, 0) is 0 Å². The van der Waals surface area contributed by atoms with E-state index in [0.717, 1.165) is 0 Å². The molecule has 2 rings (SSSR count). The molecule has 0 aliphatic rings. The van der Waals surface area contributed by atoms with Crippen molar-refractivity contribution in [1.82, 2.24) is 0 Å². The first-order valence-corrected chi connectivity index (χ1v) is 6.45. The molecule has 1 amide bonds. The van der Waals surface area contributed by atoms with Crippen LogP contribution in [0.2, 0.25) is 0 Å². The topological polar surface area (TPSA) is 84.4 Å². The second-order valence-corrected chi connectivity index (χ2v) is 4.67. The number of anilines is 1. The summed E-state index contributed by atoms with van der Waals surface area (Å²) in [5.41, 5.74) is 1.00. The number of pyridine rings is 1. The van der Waals surface area contributed by atoms with Gasteiger partial charge in [0.1, 0.15) is 18.1 Å². The lowest BCUT2D eigenvalue weighted by atomic mass is 10.2. The Morgan fingerprint density at radius 2 is 1.61 bits per heavy atom. The predicted molar refractivity (Wildman–Crippen MR) is 78.9 cm³/mol. The van der Waals surface area contributed by atoms with E-state index < -0.39 is 4.92 Å².